The zero-order valence-corrected chi connectivity index (χ0v) is 19.3. The molecule has 0 saturated carbocycles. The van der Waals surface area contributed by atoms with E-state index in [1.165, 1.54) is 27.4 Å². The number of hydrogen-bond donors (Lipinski definition) is 0. The van der Waals surface area contributed by atoms with Crippen LogP contribution in [0, 0.1) is 10.1 Å². The molecule has 0 N–H and O–H groups in total. The first kappa shape index (κ1) is 23.3. The van der Waals surface area contributed by atoms with Crippen LogP contribution in [0.25, 0.3) is 0 Å². The van der Waals surface area contributed by atoms with Gasteiger partial charge in [-0.25, -0.2) is 16.8 Å². The monoisotopic (exact) mass is 495 g/mol. The second kappa shape index (κ2) is 8.48. The first-order chi connectivity index (χ1) is 15.5. The van der Waals surface area contributed by atoms with Crippen LogP contribution in [0.1, 0.15) is 15.9 Å². The Hall–Kier alpha value is -2.87. The third kappa shape index (κ3) is 4.49. The van der Waals surface area contributed by atoms with Crippen LogP contribution in [0.3, 0.4) is 0 Å². The van der Waals surface area contributed by atoms with E-state index in [1.54, 1.807) is 0 Å². The Morgan fingerprint density at radius 3 is 2.33 bits per heavy atom. The molecular formula is C20H21N3O8S2. The van der Waals surface area contributed by atoms with E-state index in [2.05, 4.69) is 0 Å². The number of carbonyl (C=O) groups is 1. The lowest BCUT2D eigenvalue weighted by Gasteiger charge is -2.26. The lowest BCUT2D eigenvalue weighted by atomic mass is 10.1. The summed E-state index contributed by atoms with van der Waals surface area (Å²) in [6.45, 7) is 1.40. The van der Waals surface area contributed by atoms with E-state index < -0.39 is 36.4 Å². The van der Waals surface area contributed by atoms with Crippen LogP contribution < -0.4 is 4.90 Å². The summed E-state index contributed by atoms with van der Waals surface area (Å²) in [5.74, 6) is -0.605. The second-order valence-corrected chi connectivity index (χ2v) is 11.7. The Kier molecular flexibility index (Phi) is 5.99. The molecule has 2 aromatic rings. The molecule has 176 valence electrons. The molecule has 0 aromatic heterocycles. The number of sulfone groups is 1. The van der Waals surface area contributed by atoms with Gasteiger partial charge in [0.25, 0.3) is 11.6 Å². The molecule has 0 atom stereocenters. The fourth-order valence-corrected chi connectivity index (χ4v) is 6.00. The Balaban J connectivity index is 1.67. The normalized spacial score (nSPS) is 17.1. The van der Waals surface area contributed by atoms with Gasteiger partial charge in [0.05, 0.1) is 27.9 Å². The van der Waals surface area contributed by atoms with Crippen molar-refractivity contribution in [1.82, 2.24) is 4.31 Å². The third-order valence-electron chi connectivity index (χ3n) is 5.58. The Morgan fingerprint density at radius 1 is 1.00 bits per heavy atom. The number of sulfonamides is 1. The van der Waals surface area contributed by atoms with Crippen LogP contribution >= 0.6 is 0 Å². The number of fused-ring (bicyclic) bond motifs is 1. The van der Waals surface area contributed by atoms with E-state index in [9.17, 15) is 31.7 Å². The quantitative estimate of drug-likeness (QED) is 0.445. The molecule has 1 fully saturated rings. The Bertz CT molecular complexity index is 1350. The molecular weight excluding hydrogens is 474 g/mol. The topological polar surface area (TPSA) is 144 Å². The predicted molar refractivity (Wildman–Crippen MR) is 118 cm³/mol. The van der Waals surface area contributed by atoms with Gasteiger partial charge in [-0.05, 0) is 36.2 Å². The van der Waals surface area contributed by atoms with Gasteiger partial charge in [-0.15, -0.1) is 0 Å². The number of ether oxygens (including phenoxy) is 1. The van der Waals surface area contributed by atoms with Crippen molar-refractivity contribution in [3.8, 4) is 0 Å². The van der Waals surface area contributed by atoms with Crippen molar-refractivity contribution in [2.24, 2.45) is 0 Å². The molecule has 1 amide bonds. The summed E-state index contributed by atoms with van der Waals surface area (Å²) in [7, 11) is -7.49. The number of nitro groups is 1. The second-order valence-electron chi connectivity index (χ2n) is 7.76. The van der Waals surface area contributed by atoms with Gasteiger partial charge in [0.2, 0.25) is 10.0 Å². The van der Waals surface area contributed by atoms with Crippen molar-refractivity contribution in [1.29, 1.82) is 0 Å². The fraction of sp³-hybridized carbons (Fsp3) is 0.350. The zero-order valence-electron chi connectivity index (χ0n) is 17.6. The summed E-state index contributed by atoms with van der Waals surface area (Å²) >= 11 is 0. The highest BCUT2D eigenvalue weighted by Gasteiger charge is 2.31. The highest BCUT2D eigenvalue weighted by Crippen LogP contribution is 2.33. The summed E-state index contributed by atoms with van der Waals surface area (Å²) in [5.41, 5.74) is 0.481. The summed E-state index contributed by atoms with van der Waals surface area (Å²) in [6, 6.07) is 7.54. The molecule has 0 spiro atoms. The van der Waals surface area contributed by atoms with E-state index in [4.69, 9.17) is 4.74 Å². The zero-order chi connectivity index (χ0) is 24.0. The summed E-state index contributed by atoms with van der Waals surface area (Å²) in [4.78, 5) is 24.8. The number of anilines is 1. The van der Waals surface area contributed by atoms with Gasteiger partial charge in [-0.3, -0.25) is 14.9 Å². The standard InChI is InChI=1S/C20H21N3O8S2/c1-32(27,28)18-12-15(10-16(13-18)23(25)26)20(24)22-5-4-14-11-17(2-3-19(14)22)33(29,30)21-6-8-31-9-7-21/h2-3,10-13H,4-9H2,1H3. The maximum atomic E-state index is 13.2. The SMILES string of the molecule is CS(=O)(=O)c1cc(C(=O)N2CCc3cc(S(=O)(=O)N4CCOCC4)ccc32)cc([N+](=O)[O-])c1. The molecule has 11 nitrogen and oxygen atoms in total. The van der Waals surface area contributed by atoms with Gasteiger partial charge >= 0.3 is 0 Å². The van der Waals surface area contributed by atoms with Crippen LogP contribution in [0.15, 0.2) is 46.2 Å². The van der Waals surface area contributed by atoms with Gasteiger partial charge < -0.3 is 9.64 Å². The van der Waals surface area contributed by atoms with E-state index in [0.717, 1.165) is 24.5 Å². The first-order valence-corrected chi connectivity index (χ1v) is 13.3. The highest BCUT2D eigenvalue weighted by atomic mass is 32.2. The van der Waals surface area contributed by atoms with E-state index >= 15 is 0 Å². The largest absolute Gasteiger partial charge is 0.379 e. The average Bonchev–Trinajstić information content (AvgIpc) is 3.21. The molecule has 2 aliphatic heterocycles. The molecule has 1 saturated heterocycles. The minimum absolute atomic E-state index is 0.118. The number of nitro benzene ring substituents is 1. The number of carbonyl (C=O) groups excluding carboxylic acids is 1. The summed E-state index contributed by atoms with van der Waals surface area (Å²) < 4.78 is 56.3. The number of hydrogen-bond acceptors (Lipinski definition) is 8. The summed E-state index contributed by atoms with van der Waals surface area (Å²) in [6.07, 6.45) is 1.29. The number of benzene rings is 2. The van der Waals surface area contributed by atoms with Crippen molar-refractivity contribution in [2.75, 3.05) is 44.0 Å². The molecule has 2 aliphatic rings. The minimum Gasteiger partial charge on any atom is -0.379 e. The van der Waals surface area contributed by atoms with E-state index in [1.807, 2.05) is 0 Å². The fourth-order valence-electron chi connectivity index (χ4n) is 3.87. The van der Waals surface area contributed by atoms with E-state index in [-0.39, 0.29) is 35.0 Å². The smallest absolute Gasteiger partial charge is 0.271 e. The van der Waals surface area contributed by atoms with Crippen LogP contribution in [0.2, 0.25) is 0 Å². The van der Waals surface area contributed by atoms with Gasteiger partial charge in [-0.1, -0.05) is 0 Å². The third-order valence-corrected chi connectivity index (χ3v) is 8.56. The molecule has 0 bridgehead atoms. The molecule has 2 heterocycles. The van der Waals surface area contributed by atoms with Crippen molar-refractivity contribution >= 4 is 37.1 Å². The molecule has 4 rings (SSSR count). The molecule has 0 unspecified atom stereocenters. The number of amides is 1. The van der Waals surface area contributed by atoms with Crippen LogP contribution in [-0.2, 0) is 31.0 Å². The number of rotatable bonds is 5. The number of nitrogens with zero attached hydrogens (tertiary/aromatic N) is 3. The molecule has 13 heteroatoms. The van der Waals surface area contributed by atoms with Crippen LogP contribution in [-0.4, -0.2) is 71.1 Å². The summed E-state index contributed by atoms with van der Waals surface area (Å²) in [5, 5.41) is 11.3. The van der Waals surface area contributed by atoms with Crippen molar-refractivity contribution in [3.63, 3.8) is 0 Å². The Labute approximate surface area is 190 Å². The first-order valence-electron chi connectivity index (χ1n) is 10.0. The maximum absolute atomic E-state index is 13.2. The highest BCUT2D eigenvalue weighted by molar-refractivity contribution is 7.90. The lowest BCUT2D eigenvalue weighted by molar-refractivity contribution is -0.385. The Morgan fingerprint density at radius 2 is 1.70 bits per heavy atom. The predicted octanol–water partition coefficient (Wildman–Crippen LogP) is 1.22. The van der Waals surface area contributed by atoms with Gasteiger partial charge in [0, 0.05) is 49.3 Å². The molecule has 0 radical (unpaired) electrons. The number of morpholine rings is 1. The van der Waals surface area contributed by atoms with Crippen molar-refractivity contribution in [3.05, 3.63) is 57.6 Å². The maximum Gasteiger partial charge on any atom is 0.271 e. The van der Waals surface area contributed by atoms with Crippen LogP contribution in [0.5, 0.6) is 0 Å². The molecule has 33 heavy (non-hydrogen) atoms. The number of non-ortho nitro benzene ring substituents is 1. The average molecular weight is 496 g/mol. The molecule has 0 aliphatic carbocycles. The van der Waals surface area contributed by atoms with Crippen molar-refractivity contribution < 1.29 is 31.3 Å². The minimum atomic E-state index is -3.79. The van der Waals surface area contributed by atoms with Gasteiger partial charge in [0.1, 0.15) is 0 Å². The van der Waals surface area contributed by atoms with E-state index in [0.29, 0.717) is 30.9 Å². The van der Waals surface area contributed by atoms with Gasteiger partial charge in [0.15, 0.2) is 9.84 Å². The van der Waals surface area contributed by atoms with Crippen LogP contribution in [0.4, 0.5) is 11.4 Å². The molecule has 2 aromatic carbocycles. The lowest BCUT2D eigenvalue weighted by Crippen LogP contribution is -2.40. The van der Waals surface area contributed by atoms with Crippen molar-refractivity contribution in [2.45, 2.75) is 16.2 Å². The van der Waals surface area contributed by atoms with Gasteiger partial charge in [-0.2, -0.15) is 4.31 Å².